The van der Waals surface area contributed by atoms with Crippen LogP contribution < -0.4 is 15.5 Å². The summed E-state index contributed by atoms with van der Waals surface area (Å²) < 4.78 is 28.3. The Morgan fingerprint density at radius 3 is 2.60 bits per heavy atom. The molecule has 4 aromatic rings. The van der Waals surface area contributed by atoms with E-state index in [4.69, 9.17) is 15.1 Å². The Bertz CT molecular complexity index is 1720. The molecule has 12 nitrogen and oxygen atoms in total. The molecule has 3 aromatic heterocycles. The number of carbonyl (C=O) groups excluding carboxylic acids is 1. The number of hydrogen-bond acceptors (Lipinski definition) is 9. The van der Waals surface area contributed by atoms with Gasteiger partial charge in [-0.1, -0.05) is 36.9 Å². The molecule has 43 heavy (non-hydrogen) atoms. The fourth-order valence-electron chi connectivity index (χ4n) is 6.04. The standard InChI is InChI=1S/C30H37N9O3S/c1-4-25(40)33-23-10-13-37(17-23)30-35-28(26-29(36-30)38(19-31-26)20(2)3)34-24-16-32-39(18-24)27(21-8-6-5-7-9-21)22-11-14-43(41,42)15-12-22/h4-9,16,18-20,22-23,27H,1,10-15,17H2,2-3H3,(H,33,40)(H,34,35,36)/t23-,27+/m0/s1. The van der Waals surface area contributed by atoms with Gasteiger partial charge < -0.3 is 20.1 Å². The average Bonchev–Trinajstić information content (AvgIpc) is 3.75. The number of carbonyl (C=O) groups is 1. The maximum Gasteiger partial charge on any atom is 0.243 e. The number of anilines is 3. The van der Waals surface area contributed by atoms with E-state index in [1.54, 1.807) is 12.5 Å². The van der Waals surface area contributed by atoms with Crippen molar-refractivity contribution in [2.24, 2.45) is 5.92 Å². The number of rotatable bonds is 9. The van der Waals surface area contributed by atoms with Crippen LogP contribution in [0.15, 0.2) is 61.7 Å². The van der Waals surface area contributed by atoms with E-state index in [2.05, 4.69) is 53.1 Å². The van der Waals surface area contributed by atoms with Crippen molar-refractivity contribution < 1.29 is 13.2 Å². The van der Waals surface area contributed by atoms with Crippen molar-refractivity contribution in [2.45, 2.75) is 51.2 Å². The minimum Gasteiger partial charge on any atom is -0.348 e. The molecular formula is C30H37N9O3S. The van der Waals surface area contributed by atoms with E-state index in [9.17, 15) is 13.2 Å². The first-order valence-corrected chi connectivity index (χ1v) is 16.5. The molecule has 226 valence electrons. The third kappa shape index (κ3) is 6.12. The number of benzene rings is 1. The van der Waals surface area contributed by atoms with Gasteiger partial charge in [-0.2, -0.15) is 15.1 Å². The molecule has 1 amide bonds. The molecule has 0 saturated carbocycles. The molecule has 2 N–H and O–H groups in total. The van der Waals surface area contributed by atoms with Crippen LogP contribution in [0.5, 0.6) is 0 Å². The smallest absolute Gasteiger partial charge is 0.243 e. The van der Waals surface area contributed by atoms with Crippen molar-refractivity contribution >= 4 is 44.4 Å². The van der Waals surface area contributed by atoms with Crippen LogP contribution in [0.1, 0.15) is 50.8 Å². The van der Waals surface area contributed by atoms with Crippen LogP contribution in [0.3, 0.4) is 0 Å². The van der Waals surface area contributed by atoms with E-state index < -0.39 is 9.84 Å². The number of fused-ring (bicyclic) bond motifs is 1. The van der Waals surface area contributed by atoms with Gasteiger partial charge in [-0.25, -0.2) is 13.4 Å². The SMILES string of the molecule is C=CC(=O)N[C@H]1CCN(c2nc(Nc3cnn([C@H](c4ccccc4)C4CCS(=O)(=O)CC4)c3)c3ncn(C(C)C)c3n2)C1. The highest BCUT2D eigenvalue weighted by Gasteiger charge is 2.32. The van der Waals surface area contributed by atoms with E-state index in [-0.39, 0.29) is 41.5 Å². The molecule has 6 rings (SSSR count). The average molecular weight is 604 g/mol. The molecule has 2 aliphatic heterocycles. The van der Waals surface area contributed by atoms with Crippen LogP contribution in [-0.2, 0) is 14.6 Å². The summed E-state index contributed by atoms with van der Waals surface area (Å²) in [6.07, 6.45) is 8.75. The number of aromatic nitrogens is 6. The Balaban J connectivity index is 1.31. The Labute approximate surface area is 251 Å². The number of nitrogens with zero attached hydrogens (tertiary/aromatic N) is 7. The number of sulfone groups is 1. The van der Waals surface area contributed by atoms with Crippen LogP contribution in [0, 0.1) is 5.92 Å². The molecule has 1 aromatic carbocycles. The van der Waals surface area contributed by atoms with Crippen LogP contribution in [0.2, 0.25) is 0 Å². The molecule has 0 aliphatic carbocycles. The molecule has 5 heterocycles. The number of nitrogens with one attached hydrogen (secondary N) is 2. The van der Waals surface area contributed by atoms with Gasteiger partial charge in [-0.15, -0.1) is 0 Å². The summed E-state index contributed by atoms with van der Waals surface area (Å²) >= 11 is 0. The van der Waals surface area contributed by atoms with Gasteiger partial charge in [-0.3, -0.25) is 9.48 Å². The third-order valence-corrected chi connectivity index (χ3v) is 10.0. The number of hydrogen-bond donors (Lipinski definition) is 2. The quantitative estimate of drug-likeness (QED) is 0.274. The maximum atomic E-state index is 12.2. The Hall–Kier alpha value is -4.26. The summed E-state index contributed by atoms with van der Waals surface area (Å²) in [6.45, 7) is 9.01. The van der Waals surface area contributed by atoms with E-state index in [1.807, 2.05) is 33.6 Å². The van der Waals surface area contributed by atoms with E-state index in [0.717, 1.165) is 23.3 Å². The predicted molar refractivity (Wildman–Crippen MR) is 166 cm³/mol. The first kappa shape index (κ1) is 28.8. The van der Waals surface area contributed by atoms with Gasteiger partial charge >= 0.3 is 0 Å². The first-order valence-electron chi connectivity index (χ1n) is 14.7. The first-order chi connectivity index (χ1) is 20.7. The van der Waals surface area contributed by atoms with Crippen molar-refractivity contribution in [1.82, 2.24) is 34.6 Å². The lowest BCUT2D eigenvalue weighted by molar-refractivity contribution is -0.117. The molecule has 2 saturated heterocycles. The van der Waals surface area contributed by atoms with Crippen molar-refractivity contribution in [3.63, 3.8) is 0 Å². The van der Waals surface area contributed by atoms with Gasteiger partial charge in [0.1, 0.15) is 9.84 Å². The van der Waals surface area contributed by atoms with Crippen molar-refractivity contribution in [3.05, 3.63) is 67.3 Å². The van der Waals surface area contributed by atoms with Gasteiger partial charge in [0.15, 0.2) is 17.0 Å². The largest absolute Gasteiger partial charge is 0.348 e. The summed E-state index contributed by atoms with van der Waals surface area (Å²) in [6, 6.07) is 10.2. The molecule has 0 bridgehead atoms. The summed E-state index contributed by atoms with van der Waals surface area (Å²) in [7, 11) is -2.99. The zero-order valence-electron chi connectivity index (χ0n) is 24.4. The third-order valence-electron chi connectivity index (χ3n) is 8.30. The predicted octanol–water partition coefficient (Wildman–Crippen LogP) is 3.64. The highest BCUT2D eigenvalue weighted by molar-refractivity contribution is 7.91. The van der Waals surface area contributed by atoms with Crippen molar-refractivity contribution in [2.75, 3.05) is 34.8 Å². The Morgan fingerprint density at radius 1 is 1.12 bits per heavy atom. The van der Waals surface area contributed by atoms with Gasteiger partial charge in [0.05, 0.1) is 35.8 Å². The zero-order chi connectivity index (χ0) is 30.1. The highest BCUT2D eigenvalue weighted by Crippen LogP contribution is 2.36. The second-order valence-corrected chi connectivity index (χ2v) is 13.9. The van der Waals surface area contributed by atoms with E-state index in [1.165, 1.54) is 6.08 Å². The highest BCUT2D eigenvalue weighted by atomic mass is 32.2. The number of imidazole rings is 1. The molecule has 0 unspecified atom stereocenters. The van der Waals surface area contributed by atoms with Crippen molar-refractivity contribution in [3.8, 4) is 0 Å². The van der Waals surface area contributed by atoms with Gasteiger partial charge in [0.25, 0.3) is 0 Å². The summed E-state index contributed by atoms with van der Waals surface area (Å²) in [5.74, 6) is 1.47. The van der Waals surface area contributed by atoms with Crippen LogP contribution in [0.25, 0.3) is 11.2 Å². The van der Waals surface area contributed by atoms with Gasteiger partial charge in [0.2, 0.25) is 11.9 Å². The van der Waals surface area contributed by atoms with Gasteiger partial charge in [0, 0.05) is 31.4 Å². The van der Waals surface area contributed by atoms with Crippen LogP contribution in [0.4, 0.5) is 17.5 Å². The van der Waals surface area contributed by atoms with Crippen molar-refractivity contribution in [1.29, 1.82) is 0 Å². The molecule has 2 aliphatic rings. The summed E-state index contributed by atoms with van der Waals surface area (Å²) in [5.41, 5.74) is 3.21. The van der Waals surface area contributed by atoms with Gasteiger partial charge in [-0.05, 0) is 50.7 Å². The fourth-order valence-corrected chi connectivity index (χ4v) is 7.57. The molecule has 0 radical (unpaired) electrons. The Kier molecular flexibility index (Phi) is 7.91. The molecule has 13 heteroatoms. The minimum absolute atomic E-state index is 0.0147. The topological polar surface area (TPSA) is 140 Å². The zero-order valence-corrected chi connectivity index (χ0v) is 25.2. The monoisotopic (exact) mass is 603 g/mol. The molecular weight excluding hydrogens is 566 g/mol. The van der Waals surface area contributed by atoms with E-state index in [0.29, 0.717) is 43.2 Å². The second-order valence-electron chi connectivity index (χ2n) is 11.6. The lowest BCUT2D eigenvalue weighted by Crippen LogP contribution is -2.36. The van der Waals surface area contributed by atoms with E-state index >= 15 is 0 Å². The fraction of sp³-hybridized carbons (Fsp3) is 0.433. The van der Waals surface area contributed by atoms with Crippen LogP contribution >= 0.6 is 0 Å². The molecule has 2 atom stereocenters. The summed E-state index contributed by atoms with van der Waals surface area (Å²) in [4.78, 5) is 28.4. The molecule has 2 fully saturated rings. The Morgan fingerprint density at radius 2 is 1.88 bits per heavy atom. The molecule has 0 spiro atoms. The second kappa shape index (κ2) is 11.8. The maximum absolute atomic E-state index is 12.2. The lowest BCUT2D eigenvalue weighted by atomic mass is 9.88. The van der Waals surface area contributed by atoms with Crippen LogP contribution in [-0.4, -0.2) is 74.3 Å². The normalized spacial score (nSPS) is 19.5. The minimum atomic E-state index is -2.99. The lowest BCUT2D eigenvalue weighted by Gasteiger charge is -2.30. The summed E-state index contributed by atoms with van der Waals surface area (Å²) in [5, 5.41) is 11.2. The number of amides is 1.